The summed E-state index contributed by atoms with van der Waals surface area (Å²) in [4.78, 5) is 2.31. The van der Waals surface area contributed by atoms with E-state index in [1.165, 1.54) is 29.7 Å². The van der Waals surface area contributed by atoms with E-state index in [-0.39, 0.29) is 0 Å². The summed E-state index contributed by atoms with van der Waals surface area (Å²) in [5, 5.41) is 9.82. The van der Waals surface area contributed by atoms with E-state index in [2.05, 4.69) is 30.1 Å². The van der Waals surface area contributed by atoms with Crippen LogP contribution in [-0.2, 0) is 12.8 Å². The molecule has 1 aromatic rings. The van der Waals surface area contributed by atoms with Gasteiger partial charge in [-0.05, 0) is 43.9 Å². The van der Waals surface area contributed by atoms with Gasteiger partial charge in [0.1, 0.15) is 0 Å². The fourth-order valence-electron chi connectivity index (χ4n) is 2.45. The Morgan fingerprint density at radius 2 is 2.12 bits per heavy atom. The van der Waals surface area contributed by atoms with Crippen molar-refractivity contribution in [2.45, 2.75) is 38.7 Å². The van der Waals surface area contributed by atoms with Crippen molar-refractivity contribution in [3.05, 3.63) is 29.3 Å². The maximum atomic E-state index is 9.82. The molecule has 2 heteroatoms. The van der Waals surface area contributed by atoms with Crippen molar-refractivity contribution in [2.24, 2.45) is 0 Å². The molecule has 0 amide bonds. The standard InChI is InChI=1S/C14H21NO/c1-14(2,16)10-11-6-7-13-12(9-11)5-4-8-15(13)3/h6-7,9,16H,4-5,8,10H2,1-3H3. The molecule has 0 spiro atoms. The number of aryl methyl sites for hydroxylation is 1. The first-order valence-electron chi connectivity index (χ1n) is 6.01. The van der Waals surface area contributed by atoms with Crippen LogP contribution in [-0.4, -0.2) is 24.3 Å². The number of hydrogen-bond acceptors (Lipinski definition) is 2. The minimum absolute atomic E-state index is 0.616. The molecule has 1 N–H and O–H groups in total. The molecule has 0 saturated carbocycles. The molecule has 2 nitrogen and oxygen atoms in total. The van der Waals surface area contributed by atoms with Crippen LogP contribution in [0, 0.1) is 0 Å². The molecule has 1 aromatic carbocycles. The molecule has 1 aliphatic rings. The maximum absolute atomic E-state index is 9.82. The number of hydrogen-bond donors (Lipinski definition) is 1. The average Bonchev–Trinajstić information content (AvgIpc) is 2.15. The van der Waals surface area contributed by atoms with Gasteiger partial charge < -0.3 is 10.0 Å². The molecule has 0 bridgehead atoms. The van der Waals surface area contributed by atoms with Gasteiger partial charge in [0.25, 0.3) is 0 Å². The Morgan fingerprint density at radius 3 is 2.81 bits per heavy atom. The molecule has 0 fully saturated rings. The van der Waals surface area contributed by atoms with E-state index in [0.29, 0.717) is 0 Å². The Morgan fingerprint density at radius 1 is 1.38 bits per heavy atom. The molecule has 1 aliphatic heterocycles. The lowest BCUT2D eigenvalue weighted by Gasteiger charge is -2.28. The van der Waals surface area contributed by atoms with Crippen molar-refractivity contribution in [3.8, 4) is 0 Å². The summed E-state index contributed by atoms with van der Waals surface area (Å²) in [5.74, 6) is 0. The second-order valence-electron chi connectivity index (χ2n) is 5.48. The zero-order valence-electron chi connectivity index (χ0n) is 10.5. The van der Waals surface area contributed by atoms with Gasteiger partial charge in [-0.3, -0.25) is 0 Å². The molecule has 88 valence electrons. The van der Waals surface area contributed by atoms with Gasteiger partial charge in [-0.2, -0.15) is 0 Å². The van der Waals surface area contributed by atoms with Crippen LogP contribution < -0.4 is 4.90 Å². The van der Waals surface area contributed by atoms with Gasteiger partial charge in [0.15, 0.2) is 0 Å². The second-order valence-corrected chi connectivity index (χ2v) is 5.48. The molecular formula is C14H21NO. The summed E-state index contributed by atoms with van der Waals surface area (Å²) in [6.07, 6.45) is 3.12. The highest BCUT2D eigenvalue weighted by Gasteiger charge is 2.17. The molecule has 0 radical (unpaired) electrons. The maximum Gasteiger partial charge on any atom is 0.0631 e. The topological polar surface area (TPSA) is 23.5 Å². The van der Waals surface area contributed by atoms with Crippen molar-refractivity contribution < 1.29 is 5.11 Å². The third kappa shape index (κ3) is 2.56. The van der Waals surface area contributed by atoms with Crippen molar-refractivity contribution >= 4 is 5.69 Å². The van der Waals surface area contributed by atoms with Crippen LogP contribution >= 0.6 is 0 Å². The zero-order valence-corrected chi connectivity index (χ0v) is 10.5. The SMILES string of the molecule is CN1CCCc2cc(CC(C)(C)O)ccc21. The van der Waals surface area contributed by atoms with E-state index in [9.17, 15) is 5.11 Å². The lowest BCUT2D eigenvalue weighted by atomic mass is 9.94. The fourth-order valence-corrected chi connectivity index (χ4v) is 2.45. The summed E-state index contributed by atoms with van der Waals surface area (Å²) in [6.45, 7) is 4.87. The highest BCUT2D eigenvalue weighted by molar-refractivity contribution is 5.56. The van der Waals surface area contributed by atoms with Gasteiger partial charge in [0.2, 0.25) is 0 Å². The van der Waals surface area contributed by atoms with Gasteiger partial charge in [-0.1, -0.05) is 12.1 Å². The van der Waals surface area contributed by atoms with Crippen LogP contribution in [0.1, 0.15) is 31.4 Å². The Hall–Kier alpha value is -1.02. The average molecular weight is 219 g/mol. The van der Waals surface area contributed by atoms with Crippen molar-refractivity contribution in [1.29, 1.82) is 0 Å². The molecule has 16 heavy (non-hydrogen) atoms. The first-order valence-corrected chi connectivity index (χ1v) is 6.01. The predicted molar refractivity (Wildman–Crippen MR) is 68.0 cm³/mol. The number of aliphatic hydroxyl groups is 1. The number of rotatable bonds is 2. The monoisotopic (exact) mass is 219 g/mol. The number of benzene rings is 1. The van der Waals surface area contributed by atoms with E-state index in [4.69, 9.17) is 0 Å². The van der Waals surface area contributed by atoms with Crippen LogP contribution in [0.4, 0.5) is 5.69 Å². The third-order valence-electron chi connectivity index (χ3n) is 3.13. The zero-order chi connectivity index (χ0) is 11.8. The second kappa shape index (κ2) is 4.10. The molecule has 0 aromatic heterocycles. The van der Waals surface area contributed by atoms with Gasteiger partial charge in [-0.15, -0.1) is 0 Å². The largest absolute Gasteiger partial charge is 0.390 e. The molecule has 0 saturated heterocycles. The van der Waals surface area contributed by atoms with E-state index >= 15 is 0 Å². The van der Waals surface area contributed by atoms with E-state index in [0.717, 1.165) is 13.0 Å². The summed E-state index contributed by atoms with van der Waals surface area (Å²) in [7, 11) is 2.15. The Kier molecular flexibility index (Phi) is 2.94. The van der Waals surface area contributed by atoms with Gasteiger partial charge in [-0.25, -0.2) is 0 Å². The first-order chi connectivity index (χ1) is 7.46. The lowest BCUT2D eigenvalue weighted by molar-refractivity contribution is 0.0810. The lowest BCUT2D eigenvalue weighted by Crippen LogP contribution is -2.25. The quantitative estimate of drug-likeness (QED) is 0.825. The van der Waals surface area contributed by atoms with E-state index in [1.54, 1.807) is 0 Å². The molecule has 0 unspecified atom stereocenters. The first kappa shape index (κ1) is 11.5. The van der Waals surface area contributed by atoms with Crippen LogP contribution in [0.3, 0.4) is 0 Å². The van der Waals surface area contributed by atoms with Crippen molar-refractivity contribution in [1.82, 2.24) is 0 Å². The van der Waals surface area contributed by atoms with Gasteiger partial charge in [0.05, 0.1) is 5.60 Å². The molecule has 1 heterocycles. The highest BCUT2D eigenvalue weighted by Crippen LogP contribution is 2.27. The smallest absolute Gasteiger partial charge is 0.0631 e. The fraction of sp³-hybridized carbons (Fsp3) is 0.571. The van der Waals surface area contributed by atoms with Crippen LogP contribution in [0.25, 0.3) is 0 Å². The van der Waals surface area contributed by atoms with Gasteiger partial charge in [0, 0.05) is 25.7 Å². The number of fused-ring (bicyclic) bond motifs is 1. The van der Waals surface area contributed by atoms with Crippen LogP contribution in [0.15, 0.2) is 18.2 Å². The molecule has 0 aliphatic carbocycles. The Bertz CT molecular complexity index is 379. The van der Waals surface area contributed by atoms with E-state index in [1.807, 2.05) is 13.8 Å². The minimum atomic E-state index is -0.616. The van der Waals surface area contributed by atoms with Crippen LogP contribution in [0.5, 0.6) is 0 Å². The van der Waals surface area contributed by atoms with Crippen molar-refractivity contribution in [2.75, 3.05) is 18.5 Å². The minimum Gasteiger partial charge on any atom is -0.390 e. The Labute approximate surface area is 97.9 Å². The summed E-state index contributed by atoms with van der Waals surface area (Å²) >= 11 is 0. The Balaban J connectivity index is 2.25. The molecule has 0 atom stereocenters. The summed E-state index contributed by atoms with van der Waals surface area (Å²) in [6, 6.07) is 6.58. The summed E-state index contributed by atoms with van der Waals surface area (Å²) < 4.78 is 0. The summed E-state index contributed by atoms with van der Waals surface area (Å²) in [5.41, 5.74) is 3.40. The highest BCUT2D eigenvalue weighted by atomic mass is 16.3. The number of nitrogens with zero attached hydrogens (tertiary/aromatic N) is 1. The van der Waals surface area contributed by atoms with Crippen molar-refractivity contribution in [3.63, 3.8) is 0 Å². The third-order valence-corrected chi connectivity index (χ3v) is 3.13. The number of anilines is 1. The normalized spacial score (nSPS) is 16.1. The molecular weight excluding hydrogens is 198 g/mol. The van der Waals surface area contributed by atoms with E-state index < -0.39 is 5.60 Å². The van der Waals surface area contributed by atoms with Crippen LogP contribution in [0.2, 0.25) is 0 Å². The van der Waals surface area contributed by atoms with Gasteiger partial charge >= 0.3 is 0 Å². The molecule has 2 rings (SSSR count). The predicted octanol–water partition coefficient (Wildman–Crippen LogP) is 2.38.